The summed E-state index contributed by atoms with van der Waals surface area (Å²) >= 11 is 0. The van der Waals surface area contributed by atoms with Crippen molar-refractivity contribution in [1.82, 2.24) is 9.55 Å². The Morgan fingerprint density at radius 3 is 2.38 bits per heavy atom. The molecular formula is C18H18N2O. The van der Waals surface area contributed by atoms with Gasteiger partial charge < -0.3 is 4.57 Å². The third-order valence-corrected chi connectivity index (χ3v) is 3.45. The molecule has 21 heavy (non-hydrogen) atoms. The number of rotatable bonds is 3. The monoisotopic (exact) mass is 278 g/mol. The average molecular weight is 278 g/mol. The van der Waals surface area contributed by atoms with E-state index in [1.54, 1.807) is 0 Å². The molecule has 1 heterocycles. The van der Waals surface area contributed by atoms with Crippen molar-refractivity contribution in [2.45, 2.75) is 20.4 Å². The van der Waals surface area contributed by atoms with Crippen molar-refractivity contribution < 1.29 is 0 Å². The van der Waals surface area contributed by atoms with E-state index in [0.29, 0.717) is 18.2 Å². The van der Waals surface area contributed by atoms with Crippen molar-refractivity contribution in [2.75, 3.05) is 0 Å². The molecule has 0 aliphatic rings. The summed E-state index contributed by atoms with van der Waals surface area (Å²) in [6.45, 7) is 4.93. The maximum absolute atomic E-state index is 12.8. The van der Waals surface area contributed by atoms with E-state index in [1.807, 2.05) is 59.2 Å². The lowest BCUT2D eigenvalue weighted by molar-refractivity contribution is 0.523. The fourth-order valence-electron chi connectivity index (χ4n) is 2.52. The van der Waals surface area contributed by atoms with Gasteiger partial charge in [-0.15, -0.1) is 0 Å². The largest absolute Gasteiger partial charge is 0.305 e. The summed E-state index contributed by atoms with van der Waals surface area (Å²) in [5.74, 6) is 0.400. The Morgan fingerprint density at radius 2 is 1.67 bits per heavy atom. The topological polar surface area (TPSA) is 34.9 Å². The number of hydrogen-bond acceptors (Lipinski definition) is 2. The van der Waals surface area contributed by atoms with E-state index < -0.39 is 0 Å². The van der Waals surface area contributed by atoms with E-state index >= 15 is 0 Å². The highest BCUT2D eigenvalue weighted by atomic mass is 16.1. The fourth-order valence-corrected chi connectivity index (χ4v) is 2.52. The van der Waals surface area contributed by atoms with E-state index in [1.165, 1.54) is 0 Å². The van der Waals surface area contributed by atoms with E-state index in [0.717, 1.165) is 16.6 Å². The Labute approximate surface area is 123 Å². The van der Waals surface area contributed by atoms with Crippen molar-refractivity contribution in [2.24, 2.45) is 5.92 Å². The Bertz CT molecular complexity index is 819. The van der Waals surface area contributed by atoms with Gasteiger partial charge in [-0.25, -0.2) is 4.98 Å². The molecule has 0 amide bonds. The molecule has 0 atom stereocenters. The molecule has 0 fully saturated rings. The second kappa shape index (κ2) is 5.52. The molecule has 106 valence electrons. The first-order valence-electron chi connectivity index (χ1n) is 7.22. The van der Waals surface area contributed by atoms with Gasteiger partial charge in [-0.1, -0.05) is 56.3 Å². The van der Waals surface area contributed by atoms with Crippen LogP contribution in [0.5, 0.6) is 0 Å². The normalized spacial score (nSPS) is 11.2. The summed E-state index contributed by atoms with van der Waals surface area (Å²) in [7, 11) is 0. The SMILES string of the molecule is CC(C)Cn1c(=O)c(-c2ccccc2)nc2ccccc21. The van der Waals surface area contributed by atoms with Crippen LogP contribution in [0.2, 0.25) is 0 Å². The second-order valence-corrected chi connectivity index (χ2v) is 5.62. The van der Waals surface area contributed by atoms with Crippen LogP contribution in [-0.2, 0) is 6.54 Å². The summed E-state index contributed by atoms with van der Waals surface area (Å²) in [6, 6.07) is 17.5. The summed E-state index contributed by atoms with van der Waals surface area (Å²) in [4.78, 5) is 17.4. The highest BCUT2D eigenvalue weighted by Gasteiger charge is 2.13. The Hall–Kier alpha value is -2.42. The second-order valence-electron chi connectivity index (χ2n) is 5.62. The van der Waals surface area contributed by atoms with Crippen LogP contribution in [0.3, 0.4) is 0 Å². The van der Waals surface area contributed by atoms with E-state index in [9.17, 15) is 4.79 Å². The van der Waals surface area contributed by atoms with Crippen molar-refractivity contribution in [3.63, 3.8) is 0 Å². The molecule has 0 aliphatic heterocycles. The van der Waals surface area contributed by atoms with Gasteiger partial charge in [0.15, 0.2) is 0 Å². The molecular weight excluding hydrogens is 260 g/mol. The minimum atomic E-state index is -0.0198. The number of benzene rings is 2. The molecule has 1 aromatic heterocycles. The first-order chi connectivity index (χ1) is 10.2. The lowest BCUT2D eigenvalue weighted by Crippen LogP contribution is -2.25. The smallest absolute Gasteiger partial charge is 0.277 e. The van der Waals surface area contributed by atoms with Crippen LogP contribution in [0.4, 0.5) is 0 Å². The zero-order chi connectivity index (χ0) is 14.8. The summed E-state index contributed by atoms with van der Waals surface area (Å²) in [6.07, 6.45) is 0. The molecule has 3 nitrogen and oxygen atoms in total. The van der Waals surface area contributed by atoms with Crippen molar-refractivity contribution in [3.8, 4) is 11.3 Å². The maximum atomic E-state index is 12.8. The quantitative estimate of drug-likeness (QED) is 0.732. The molecule has 0 radical (unpaired) electrons. The minimum absolute atomic E-state index is 0.0198. The molecule has 3 rings (SSSR count). The fraction of sp³-hybridized carbons (Fsp3) is 0.222. The van der Waals surface area contributed by atoms with Crippen LogP contribution < -0.4 is 5.56 Å². The number of hydrogen-bond donors (Lipinski definition) is 0. The Kier molecular flexibility index (Phi) is 3.57. The number of fused-ring (bicyclic) bond motifs is 1. The summed E-state index contributed by atoms with van der Waals surface area (Å²) in [5.41, 5.74) is 3.13. The van der Waals surface area contributed by atoms with Crippen LogP contribution >= 0.6 is 0 Å². The van der Waals surface area contributed by atoms with Gasteiger partial charge in [-0.3, -0.25) is 4.79 Å². The molecule has 3 heteroatoms. The first-order valence-corrected chi connectivity index (χ1v) is 7.22. The highest BCUT2D eigenvalue weighted by molar-refractivity contribution is 5.77. The maximum Gasteiger partial charge on any atom is 0.277 e. The average Bonchev–Trinajstić information content (AvgIpc) is 2.50. The zero-order valence-corrected chi connectivity index (χ0v) is 12.3. The van der Waals surface area contributed by atoms with Gasteiger partial charge >= 0.3 is 0 Å². The van der Waals surface area contributed by atoms with Crippen LogP contribution in [0.15, 0.2) is 59.4 Å². The molecule has 3 aromatic rings. The molecule has 0 spiro atoms. The summed E-state index contributed by atoms with van der Waals surface area (Å²) < 4.78 is 1.84. The van der Waals surface area contributed by atoms with E-state index in [2.05, 4.69) is 18.8 Å². The number of aromatic nitrogens is 2. The van der Waals surface area contributed by atoms with Crippen LogP contribution in [-0.4, -0.2) is 9.55 Å². The van der Waals surface area contributed by atoms with Crippen molar-refractivity contribution in [3.05, 3.63) is 65.0 Å². The molecule has 0 unspecified atom stereocenters. The van der Waals surface area contributed by atoms with Gasteiger partial charge in [0.25, 0.3) is 5.56 Å². The molecule has 0 saturated heterocycles. The van der Waals surface area contributed by atoms with Crippen LogP contribution in [0.1, 0.15) is 13.8 Å². The lowest BCUT2D eigenvalue weighted by atomic mass is 10.1. The predicted octanol–water partition coefficient (Wildman–Crippen LogP) is 3.72. The van der Waals surface area contributed by atoms with E-state index in [-0.39, 0.29) is 5.56 Å². The van der Waals surface area contributed by atoms with Crippen LogP contribution in [0.25, 0.3) is 22.3 Å². The molecule has 0 bridgehead atoms. The third-order valence-electron chi connectivity index (χ3n) is 3.45. The predicted molar refractivity (Wildman–Crippen MR) is 86.3 cm³/mol. The number of para-hydroxylation sites is 2. The molecule has 0 N–H and O–H groups in total. The number of nitrogens with zero attached hydrogens (tertiary/aromatic N) is 2. The van der Waals surface area contributed by atoms with Crippen LogP contribution in [0, 0.1) is 5.92 Å². The highest BCUT2D eigenvalue weighted by Crippen LogP contribution is 2.18. The van der Waals surface area contributed by atoms with Gasteiger partial charge in [0.2, 0.25) is 0 Å². The Balaban J connectivity index is 2.32. The van der Waals surface area contributed by atoms with Gasteiger partial charge in [0.05, 0.1) is 11.0 Å². The van der Waals surface area contributed by atoms with Gasteiger partial charge in [0, 0.05) is 12.1 Å². The third kappa shape index (κ3) is 2.59. The van der Waals surface area contributed by atoms with Crippen molar-refractivity contribution in [1.29, 1.82) is 0 Å². The molecule has 0 aliphatic carbocycles. The van der Waals surface area contributed by atoms with E-state index in [4.69, 9.17) is 0 Å². The van der Waals surface area contributed by atoms with Crippen molar-refractivity contribution >= 4 is 11.0 Å². The first kappa shape index (κ1) is 13.6. The van der Waals surface area contributed by atoms with Gasteiger partial charge in [-0.2, -0.15) is 0 Å². The lowest BCUT2D eigenvalue weighted by Gasteiger charge is -2.14. The molecule has 0 saturated carbocycles. The Morgan fingerprint density at radius 1 is 1.00 bits per heavy atom. The zero-order valence-electron chi connectivity index (χ0n) is 12.3. The van der Waals surface area contributed by atoms with Gasteiger partial charge in [-0.05, 0) is 18.1 Å². The minimum Gasteiger partial charge on any atom is -0.305 e. The molecule has 2 aromatic carbocycles. The summed E-state index contributed by atoms with van der Waals surface area (Å²) in [5, 5.41) is 0. The van der Waals surface area contributed by atoms with Gasteiger partial charge in [0.1, 0.15) is 5.69 Å². The standard InChI is InChI=1S/C18H18N2O/c1-13(2)12-20-16-11-7-6-10-15(16)19-17(18(20)21)14-8-4-3-5-9-14/h3-11,13H,12H2,1-2H3.